The number of hydrogen-bond acceptors (Lipinski definition) is 3. The zero-order valence-electron chi connectivity index (χ0n) is 13.9. The second-order valence-electron chi connectivity index (χ2n) is 6.68. The van der Waals surface area contributed by atoms with Crippen LogP contribution in [-0.2, 0) is 20.0 Å². The maximum Gasteiger partial charge on any atom is 0.317 e. The fraction of sp³-hybridized carbons (Fsp3) is 0.750. The first-order valence-electron chi connectivity index (χ1n) is 8.31. The molecule has 2 amide bonds. The largest absolute Gasteiger partial charge is 0.334 e. The summed E-state index contributed by atoms with van der Waals surface area (Å²) >= 11 is 0. The van der Waals surface area contributed by atoms with E-state index in [9.17, 15) is 4.79 Å². The first-order chi connectivity index (χ1) is 10.6. The van der Waals surface area contributed by atoms with Crippen LogP contribution in [0.2, 0.25) is 0 Å². The molecule has 0 radical (unpaired) electrons. The molecule has 6 heteroatoms. The summed E-state index contributed by atoms with van der Waals surface area (Å²) in [6, 6.07) is 0.727. The van der Waals surface area contributed by atoms with E-state index in [-0.39, 0.29) is 12.1 Å². The molecule has 22 heavy (non-hydrogen) atoms. The topological polar surface area (TPSA) is 53.4 Å². The highest BCUT2D eigenvalue weighted by Gasteiger charge is 2.29. The monoisotopic (exact) mass is 305 g/mol. The third kappa shape index (κ3) is 2.97. The molecule has 3 heterocycles. The van der Waals surface area contributed by atoms with Gasteiger partial charge in [-0.2, -0.15) is 5.10 Å². The van der Waals surface area contributed by atoms with Crippen molar-refractivity contribution in [3.05, 3.63) is 17.5 Å². The van der Waals surface area contributed by atoms with Crippen LogP contribution in [0.15, 0.2) is 6.20 Å². The highest BCUT2D eigenvalue weighted by atomic mass is 16.2. The third-order valence-corrected chi connectivity index (χ3v) is 5.25. The summed E-state index contributed by atoms with van der Waals surface area (Å²) in [5.41, 5.74) is 2.45. The Bertz CT molecular complexity index is 541. The number of carbonyl (C=O) groups is 1. The normalized spacial score (nSPS) is 26.4. The lowest BCUT2D eigenvalue weighted by Crippen LogP contribution is -2.55. The van der Waals surface area contributed by atoms with E-state index in [1.54, 1.807) is 0 Å². The fourth-order valence-corrected chi connectivity index (χ4v) is 3.61. The van der Waals surface area contributed by atoms with Crippen LogP contribution < -0.4 is 5.32 Å². The van der Waals surface area contributed by atoms with Gasteiger partial charge in [-0.1, -0.05) is 0 Å². The smallest absolute Gasteiger partial charge is 0.317 e. The highest BCUT2D eigenvalue weighted by molar-refractivity contribution is 5.74. The molecule has 2 unspecified atom stereocenters. The molecule has 2 aliphatic rings. The van der Waals surface area contributed by atoms with Gasteiger partial charge >= 0.3 is 6.03 Å². The predicted octanol–water partition coefficient (Wildman–Crippen LogP) is 1.36. The number of nitrogens with one attached hydrogen (secondary N) is 1. The molecule has 1 N–H and O–H groups in total. The lowest BCUT2D eigenvalue weighted by molar-refractivity contribution is 0.142. The van der Waals surface area contributed by atoms with Gasteiger partial charge in [0.05, 0.1) is 12.7 Å². The summed E-state index contributed by atoms with van der Waals surface area (Å²) in [5.74, 6) is 0. The molecule has 3 rings (SSSR count). The van der Waals surface area contributed by atoms with Crippen LogP contribution in [0.25, 0.3) is 0 Å². The summed E-state index contributed by atoms with van der Waals surface area (Å²) in [7, 11) is 4.12. The first-order valence-corrected chi connectivity index (χ1v) is 8.31. The molecule has 1 aromatic heterocycles. The van der Waals surface area contributed by atoms with E-state index in [0.717, 1.165) is 38.8 Å². The van der Waals surface area contributed by atoms with Gasteiger partial charge in [0.1, 0.15) is 0 Å². The van der Waals surface area contributed by atoms with Gasteiger partial charge in [0.2, 0.25) is 0 Å². The number of rotatable bonds is 1. The predicted molar refractivity (Wildman–Crippen MR) is 85.6 cm³/mol. The SMILES string of the molecule is CC1C(NC(=O)N2CCCc3c(cnn3C)C2)CCCN1C. The zero-order chi connectivity index (χ0) is 15.7. The van der Waals surface area contributed by atoms with Crippen LogP contribution >= 0.6 is 0 Å². The van der Waals surface area contributed by atoms with E-state index in [1.807, 2.05) is 22.8 Å². The van der Waals surface area contributed by atoms with Gasteiger partial charge in [-0.05, 0) is 46.2 Å². The molecule has 0 spiro atoms. The van der Waals surface area contributed by atoms with Gasteiger partial charge in [-0.25, -0.2) is 4.79 Å². The molecular formula is C16H27N5O. The number of aryl methyl sites for hydroxylation is 1. The van der Waals surface area contributed by atoms with Crippen LogP contribution in [0.5, 0.6) is 0 Å². The van der Waals surface area contributed by atoms with Crippen molar-refractivity contribution >= 4 is 6.03 Å². The van der Waals surface area contributed by atoms with Crippen LogP contribution in [0.4, 0.5) is 4.79 Å². The van der Waals surface area contributed by atoms with Crippen molar-refractivity contribution in [3.63, 3.8) is 0 Å². The van der Waals surface area contributed by atoms with E-state index in [1.165, 1.54) is 11.3 Å². The standard InChI is InChI=1S/C16H27N5O/c1-12-14(6-4-8-19(12)2)18-16(22)21-9-5-7-15-13(11-21)10-17-20(15)3/h10,12,14H,4-9,11H2,1-3H3,(H,18,22). The lowest BCUT2D eigenvalue weighted by Gasteiger charge is -2.38. The molecule has 2 atom stereocenters. The molecule has 0 bridgehead atoms. The molecule has 122 valence electrons. The average molecular weight is 305 g/mol. The van der Waals surface area contributed by atoms with E-state index < -0.39 is 0 Å². The number of piperidine rings is 1. The summed E-state index contributed by atoms with van der Waals surface area (Å²) in [4.78, 5) is 16.9. The maximum atomic E-state index is 12.7. The molecule has 0 saturated carbocycles. The summed E-state index contributed by atoms with van der Waals surface area (Å²) in [6.45, 7) is 4.81. The molecule has 0 aliphatic carbocycles. The number of hydrogen-bond donors (Lipinski definition) is 1. The minimum atomic E-state index is 0.0730. The van der Waals surface area contributed by atoms with Crippen molar-refractivity contribution in [1.29, 1.82) is 0 Å². The van der Waals surface area contributed by atoms with Crippen molar-refractivity contribution < 1.29 is 4.79 Å². The quantitative estimate of drug-likeness (QED) is 0.852. The second-order valence-corrected chi connectivity index (χ2v) is 6.68. The summed E-state index contributed by atoms with van der Waals surface area (Å²) < 4.78 is 1.94. The summed E-state index contributed by atoms with van der Waals surface area (Å²) in [5, 5.41) is 7.58. The van der Waals surface area contributed by atoms with Crippen molar-refractivity contribution in [3.8, 4) is 0 Å². The molecule has 1 fully saturated rings. The first kappa shape index (κ1) is 15.3. The third-order valence-electron chi connectivity index (χ3n) is 5.25. The average Bonchev–Trinajstić information content (AvgIpc) is 2.73. The van der Waals surface area contributed by atoms with Gasteiger partial charge in [0.15, 0.2) is 0 Å². The molecule has 6 nitrogen and oxygen atoms in total. The van der Waals surface area contributed by atoms with Gasteiger partial charge in [-0.3, -0.25) is 4.68 Å². The highest BCUT2D eigenvalue weighted by Crippen LogP contribution is 2.19. The van der Waals surface area contributed by atoms with Gasteiger partial charge in [0.25, 0.3) is 0 Å². The Balaban J connectivity index is 1.65. The number of fused-ring (bicyclic) bond motifs is 1. The number of carbonyl (C=O) groups excluding carboxylic acids is 1. The van der Waals surface area contributed by atoms with Gasteiger partial charge < -0.3 is 15.1 Å². The number of aromatic nitrogens is 2. The van der Waals surface area contributed by atoms with Crippen molar-refractivity contribution in [2.24, 2.45) is 7.05 Å². The van der Waals surface area contributed by atoms with Crippen molar-refractivity contribution in [1.82, 2.24) is 24.9 Å². The maximum absolute atomic E-state index is 12.7. The van der Waals surface area contributed by atoms with E-state index in [4.69, 9.17) is 0 Å². The van der Waals surface area contributed by atoms with Crippen molar-refractivity contribution in [2.75, 3.05) is 20.1 Å². The molecule has 1 saturated heterocycles. The zero-order valence-corrected chi connectivity index (χ0v) is 13.9. The molecule has 2 aliphatic heterocycles. The Kier molecular flexibility index (Phi) is 4.38. The fourth-order valence-electron chi connectivity index (χ4n) is 3.61. The number of urea groups is 1. The van der Waals surface area contributed by atoms with Crippen LogP contribution in [-0.4, -0.2) is 57.8 Å². The van der Waals surface area contributed by atoms with Crippen LogP contribution in [0.3, 0.4) is 0 Å². The number of amides is 2. The Morgan fingerprint density at radius 1 is 1.32 bits per heavy atom. The second kappa shape index (κ2) is 6.28. The van der Waals surface area contributed by atoms with E-state index in [0.29, 0.717) is 12.6 Å². The number of nitrogens with zero attached hydrogens (tertiary/aromatic N) is 4. The van der Waals surface area contributed by atoms with Gasteiger partial charge in [0, 0.05) is 36.9 Å². The Labute approximate surface area is 132 Å². The summed E-state index contributed by atoms with van der Waals surface area (Å²) in [6.07, 6.45) is 6.12. The molecular weight excluding hydrogens is 278 g/mol. The van der Waals surface area contributed by atoms with E-state index in [2.05, 4.69) is 29.3 Å². The Morgan fingerprint density at radius 3 is 2.95 bits per heavy atom. The minimum Gasteiger partial charge on any atom is -0.334 e. The van der Waals surface area contributed by atoms with Crippen molar-refractivity contribution in [2.45, 2.75) is 51.2 Å². The van der Waals surface area contributed by atoms with E-state index >= 15 is 0 Å². The lowest BCUT2D eigenvalue weighted by atomic mass is 9.98. The Hall–Kier alpha value is -1.56. The number of likely N-dealkylation sites (N-methyl/N-ethyl adjacent to an activating group) is 1. The van der Waals surface area contributed by atoms with Crippen LogP contribution in [0, 0.1) is 0 Å². The minimum absolute atomic E-state index is 0.0730. The molecule has 0 aromatic carbocycles. The molecule has 1 aromatic rings. The Morgan fingerprint density at radius 2 is 2.14 bits per heavy atom. The van der Waals surface area contributed by atoms with Gasteiger partial charge in [-0.15, -0.1) is 0 Å². The number of likely N-dealkylation sites (tertiary alicyclic amines) is 1. The van der Waals surface area contributed by atoms with Crippen LogP contribution in [0.1, 0.15) is 37.4 Å².